The Morgan fingerprint density at radius 2 is 2.50 bits per heavy atom. The normalized spacial score (nSPS) is 28.0. The Hall–Kier alpha value is -1.56. The fourth-order valence-electron chi connectivity index (χ4n) is 2.49. The van der Waals surface area contributed by atoms with E-state index >= 15 is 0 Å². The zero-order chi connectivity index (χ0) is 13.2. The van der Waals surface area contributed by atoms with Crippen molar-refractivity contribution < 1.29 is 19.4 Å². The largest absolute Gasteiger partial charge is 0.476 e. The molecule has 2 unspecified atom stereocenters. The molecule has 1 aliphatic rings. The molecule has 1 saturated carbocycles. The molecule has 18 heavy (non-hydrogen) atoms. The molecule has 1 heterocycles. The van der Waals surface area contributed by atoms with Crippen LogP contribution in [0.1, 0.15) is 43.1 Å². The summed E-state index contributed by atoms with van der Waals surface area (Å²) in [4.78, 5) is 14.4. The minimum atomic E-state index is -1.13. The molecule has 1 aromatic heterocycles. The van der Waals surface area contributed by atoms with Gasteiger partial charge in [0.2, 0.25) is 0 Å². The van der Waals surface area contributed by atoms with Crippen LogP contribution < -0.4 is 5.32 Å². The van der Waals surface area contributed by atoms with Crippen LogP contribution in [0.15, 0.2) is 10.7 Å². The van der Waals surface area contributed by atoms with Crippen LogP contribution in [0, 0.1) is 5.92 Å². The second-order valence-corrected chi connectivity index (χ2v) is 5.12. The molecule has 0 radical (unpaired) electrons. The summed E-state index contributed by atoms with van der Waals surface area (Å²) < 4.78 is 4.97. The number of rotatable bonds is 4. The van der Waals surface area contributed by atoms with Crippen molar-refractivity contribution in [2.24, 2.45) is 5.92 Å². The van der Waals surface area contributed by atoms with Gasteiger partial charge in [-0.3, -0.25) is 0 Å². The first-order valence-corrected chi connectivity index (χ1v) is 6.14. The lowest BCUT2D eigenvalue weighted by Gasteiger charge is -2.35. The van der Waals surface area contributed by atoms with Crippen molar-refractivity contribution in [3.8, 4) is 0 Å². The van der Waals surface area contributed by atoms with Gasteiger partial charge in [-0.25, -0.2) is 4.79 Å². The van der Waals surface area contributed by atoms with E-state index in [1.807, 2.05) is 0 Å². The van der Waals surface area contributed by atoms with E-state index in [1.54, 1.807) is 0 Å². The van der Waals surface area contributed by atoms with Crippen LogP contribution in [0.3, 0.4) is 0 Å². The Bertz CT molecular complexity index is 431. The van der Waals surface area contributed by atoms with Gasteiger partial charge in [0.1, 0.15) is 6.26 Å². The van der Waals surface area contributed by atoms with Gasteiger partial charge in [0.05, 0.1) is 5.60 Å². The average Bonchev–Trinajstić information content (AvgIpc) is 2.75. The van der Waals surface area contributed by atoms with Crippen LogP contribution in [-0.4, -0.2) is 33.3 Å². The Labute approximate surface area is 105 Å². The summed E-state index contributed by atoms with van der Waals surface area (Å²) >= 11 is 0. The lowest BCUT2D eigenvalue weighted by atomic mass is 9.79. The van der Waals surface area contributed by atoms with Gasteiger partial charge < -0.3 is 19.9 Å². The molecule has 2 rings (SSSR count). The maximum atomic E-state index is 10.6. The number of nitrogens with zero attached hydrogens (tertiary/aromatic N) is 1. The highest BCUT2D eigenvalue weighted by Gasteiger charge is 2.32. The van der Waals surface area contributed by atoms with E-state index in [9.17, 15) is 9.90 Å². The number of carboxylic acids is 1. The van der Waals surface area contributed by atoms with Crippen molar-refractivity contribution in [2.45, 2.75) is 38.2 Å². The number of carbonyl (C=O) groups is 1. The van der Waals surface area contributed by atoms with E-state index in [1.165, 1.54) is 0 Å². The van der Waals surface area contributed by atoms with Gasteiger partial charge in [-0.15, -0.1) is 0 Å². The zero-order valence-corrected chi connectivity index (χ0v) is 10.3. The van der Waals surface area contributed by atoms with Crippen LogP contribution in [0.2, 0.25) is 0 Å². The predicted octanol–water partition coefficient (Wildman–Crippen LogP) is 1.73. The summed E-state index contributed by atoms with van der Waals surface area (Å²) in [5.74, 6) is -0.624. The maximum absolute atomic E-state index is 10.6. The highest BCUT2D eigenvalue weighted by Crippen LogP contribution is 2.32. The third-order valence-electron chi connectivity index (χ3n) is 3.36. The third kappa shape index (κ3) is 3.01. The molecular weight excluding hydrogens is 236 g/mol. The van der Waals surface area contributed by atoms with Gasteiger partial charge in [0.25, 0.3) is 6.01 Å². The topological polar surface area (TPSA) is 95.6 Å². The number of anilines is 1. The van der Waals surface area contributed by atoms with E-state index in [0.29, 0.717) is 12.5 Å². The molecule has 3 N–H and O–H groups in total. The van der Waals surface area contributed by atoms with Crippen molar-refractivity contribution in [1.29, 1.82) is 0 Å². The lowest BCUT2D eigenvalue weighted by Crippen LogP contribution is -2.41. The van der Waals surface area contributed by atoms with Crippen molar-refractivity contribution in [3.63, 3.8) is 0 Å². The number of hydrogen-bond acceptors (Lipinski definition) is 5. The summed E-state index contributed by atoms with van der Waals surface area (Å²) in [5.41, 5.74) is -0.892. The molecule has 0 aliphatic heterocycles. The molecule has 0 saturated heterocycles. The first-order chi connectivity index (χ1) is 8.48. The minimum Gasteiger partial charge on any atom is -0.476 e. The zero-order valence-electron chi connectivity index (χ0n) is 10.3. The number of aliphatic hydroxyl groups is 1. The highest BCUT2D eigenvalue weighted by molar-refractivity contribution is 5.85. The summed E-state index contributed by atoms with van der Waals surface area (Å²) in [5, 5.41) is 21.9. The van der Waals surface area contributed by atoms with Gasteiger partial charge in [-0.2, -0.15) is 4.98 Å². The molecule has 0 amide bonds. The number of carboxylic acid groups (broad SMARTS) is 1. The standard InChI is InChI=1S/C12H18N2O4/c1-8-3-2-4-12(17,5-8)7-13-11-14-9(6-18-11)10(15)16/h6,8,17H,2-5,7H2,1H3,(H,13,14)(H,15,16). The van der Waals surface area contributed by atoms with Crippen molar-refractivity contribution in [1.82, 2.24) is 4.98 Å². The quantitative estimate of drug-likeness (QED) is 0.757. The predicted molar refractivity (Wildman–Crippen MR) is 64.5 cm³/mol. The van der Waals surface area contributed by atoms with Gasteiger partial charge >= 0.3 is 5.97 Å². The van der Waals surface area contributed by atoms with Crippen LogP contribution in [-0.2, 0) is 0 Å². The van der Waals surface area contributed by atoms with Gasteiger partial charge in [0, 0.05) is 6.54 Å². The number of hydrogen-bond donors (Lipinski definition) is 3. The van der Waals surface area contributed by atoms with Crippen LogP contribution in [0.4, 0.5) is 6.01 Å². The van der Waals surface area contributed by atoms with Gasteiger partial charge in [-0.05, 0) is 18.8 Å². The van der Waals surface area contributed by atoms with Crippen LogP contribution in [0.25, 0.3) is 0 Å². The van der Waals surface area contributed by atoms with Crippen LogP contribution in [0.5, 0.6) is 0 Å². The summed E-state index contributed by atoms with van der Waals surface area (Å²) in [6.07, 6.45) is 4.72. The molecule has 1 fully saturated rings. The van der Waals surface area contributed by atoms with E-state index in [2.05, 4.69) is 17.2 Å². The van der Waals surface area contributed by atoms with E-state index in [0.717, 1.165) is 31.9 Å². The molecule has 6 heteroatoms. The fourth-order valence-corrected chi connectivity index (χ4v) is 2.49. The molecular formula is C12H18N2O4. The maximum Gasteiger partial charge on any atom is 0.357 e. The Kier molecular flexibility index (Phi) is 3.56. The molecule has 0 aromatic carbocycles. The number of aromatic carboxylic acids is 1. The second-order valence-electron chi connectivity index (χ2n) is 5.12. The monoisotopic (exact) mass is 254 g/mol. The smallest absolute Gasteiger partial charge is 0.357 e. The van der Waals surface area contributed by atoms with Crippen molar-refractivity contribution >= 4 is 12.0 Å². The molecule has 0 spiro atoms. The molecule has 100 valence electrons. The first kappa shape index (κ1) is 12.9. The second kappa shape index (κ2) is 4.97. The minimum absolute atomic E-state index is 0.137. The molecule has 1 aromatic rings. The van der Waals surface area contributed by atoms with Crippen molar-refractivity contribution in [3.05, 3.63) is 12.0 Å². The van der Waals surface area contributed by atoms with E-state index in [4.69, 9.17) is 9.52 Å². The number of oxazole rings is 1. The van der Waals surface area contributed by atoms with E-state index < -0.39 is 11.6 Å². The molecule has 1 aliphatic carbocycles. The Morgan fingerprint density at radius 3 is 3.11 bits per heavy atom. The van der Waals surface area contributed by atoms with Crippen LogP contribution >= 0.6 is 0 Å². The SMILES string of the molecule is CC1CCCC(O)(CNc2nc(C(=O)O)co2)C1. The first-order valence-electron chi connectivity index (χ1n) is 6.14. The average molecular weight is 254 g/mol. The summed E-state index contributed by atoms with van der Waals surface area (Å²) in [7, 11) is 0. The fraction of sp³-hybridized carbons (Fsp3) is 0.667. The van der Waals surface area contributed by atoms with Crippen molar-refractivity contribution in [2.75, 3.05) is 11.9 Å². The number of nitrogens with one attached hydrogen (secondary N) is 1. The van der Waals surface area contributed by atoms with Gasteiger partial charge in [0.15, 0.2) is 5.69 Å². The molecule has 2 atom stereocenters. The molecule has 6 nitrogen and oxygen atoms in total. The van der Waals surface area contributed by atoms with E-state index in [-0.39, 0.29) is 11.7 Å². The lowest BCUT2D eigenvalue weighted by molar-refractivity contribution is -0.00116. The summed E-state index contributed by atoms with van der Waals surface area (Å²) in [6, 6.07) is 0.138. The third-order valence-corrected chi connectivity index (χ3v) is 3.36. The highest BCUT2D eigenvalue weighted by atomic mass is 16.4. The number of aromatic nitrogens is 1. The Morgan fingerprint density at radius 1 is 1.72 bits per heavy atom. The summed E-state index contributed by atoms with van der Waals surface area (Å²) in [6.45, 7) is 2.45. The Balaban J connectivity index is 1.91. The molecule has 0 bridgehead atoms. The van der Waals surface area contributed by atoms with Gasteiger partial charge in [-0.1, -0.05) is 19.8 Å².